The average molecular weight is 256 g/mol. The van der Waals surface area contributed by atoms with Crippen molar-refractivity contribution in [2.75, 3.05) is 13.1 Å². The molecule has 0 rings (SSSR count). The van der Waals surface area contributed by atoms with Crippen LogP contribution in [-0.4, -0.2) is 19.0 Å². The molecule has 0 aliphatic heterocycles. The van der Waals surface area contributed by atoms with Gasteiger partial charge in [-0.1, -0.05) is 46.0 Å². The van der Waals surface area contributed by atoms with Crippen LogP contribution in [-0.2, 0) is 4.79 Å². The predicted molar refractivity (Wildman–Crippen MR) is 78.5 cm³/mol. The Hall–Kier alpha value is -0.570. The third-order valence-corrected chi connectivity index (χ3v) is 3.49. The monoisotopic (exact) mass is 256 g/mol. The molecule has 3 heteroatoms. The molecule has 0 aromatic rings. The summed E-state index contributed by atoms with van der Waals surface area (Å²) in [6.07, 6.45) is 9.94. The Morgan fingerprint density at radius 3 is 2.44 bits per heavy atom. The van der Waals surface area contributed by atoms with Crippen molar-refractivity contribution in [3.8, 4) is 0 Å². The minimum atomic E-state index is 0.220. The van der Waals surface area contributed by atoms with Crippen LogP contribution in [0.15, 0.2) is 0 Å². The van der Waals surface area contributed by atoms with Crippen LogP contribution in [0.25, 0.3) is 0 Å². The molecule has 0 fully saturated rings. The molecule has 0 radical (unpaired) electrons. The Balaban J connectivity index is 3.49. The van der Waals surface area contributed by atoms with Crippen molar-refractivity contribution < 1.29 is 4.79 Å². The van der Waals surface area contributed by atoms with E-state index >= 15 is 0 Å². The molecule has 0 aromatic heterocycles. The number of hydrogen-bond acceptors (Lipinski definition) is 2. The molecule has 0 saturated heterocycles. The lowest BCUT2D eigenvalue weighted by Gasteiger charge is -2.15. The number of unbranched alkanes of at least 4 members (excludes halogenated alkanes) is 4. The first kappa shape index (κ1) is 17.4. The van der Waals surface area contributed by atoms with Crippen molar-refractivity contribution in [2.24, 2.45) is 11.7 Å². The van der Waals surface area contributed by atoms with Gasteiger partial charge in [0.15, 0.2) is 0 Å². The van der Waals surface area contributed by atoms with Gasteiger partial charge in [0.25, 0.3) is 0 Å². The Kier molecular flexibility index (Phi) is 12.5. The quantitative estimate of drug-likeness (QED) is 0.527. The van der Waals surface area contributed by atoms with Crippen molar-refractivity contribution in [3.05, 3.63) is 0 Å². The summed E-state index contributed by atoms with van der Waals surface area (Å²) in [6, 6.07) is 0. The summed E-state index contributed by atoms with van der Waals surface area (Å²) in [5.41, 5.74) is 5.43. The topological polar surface area (TPSA) is 55.1 Å². The normalized spacial score (nSPS) is 12.4. The van der Waals surface area contributed by atoms with E-state index in [9.17, 15) is 4.79 Å². The van der Waals surface area contributed by atoms with E-state index in [2.05, 4.69) is 19.2 Å². The number of nitrogens with one attached hydrogen (secondary N) is 1. The Morgan fingerprint density at radius 1 is 1.11 bits per heavy atom. The molecule has 1 atom stereocenters. The van der Waals surface area contributed by atoms with E-state index < -0.39 is 0 Å². The van der Waals surface area contributed by atoms with E-state index in [0.717, 1.165) is 45.2 Å². The standard InChI is InChI=1S/C15H32N2O/c1-3-5-10-14(4-2)13-17-15(18)11-8-6-7-9-12-16/h14H,3-13,16H2,1-2H3,(H,17,18). The Labute approximate surface area is 113 Å². The van der Waals surface area contributed by atoms with Crippen molar-refractivity contribution in [3.63, 3.8) is 0 Å². The molecule has 1 amide bonds. The molecule has 0 bridgehead atoms. The molecule has 1 unspecified atom stereocenters. The van der Waals surface area contributed by atoms with Crippen LogP contribution in [0, 0.1) is 5.92 Å². The number of carbonyl (C=O) groups excluding carboxylic acids is 1. The van der Waals surface area contributed by atoms with Crippen molar-refractivity contribution in [1.82, 2.24) is 5.32 Å². The van der Waals surface area contributed by atoms with Gasteiger partial charge in [-0.3, -0.25) is 4.79 Å². The van der Waals surface area contributed by atoms with E-state index in [1.54, 1.807) is 0 Å². The van der Waals surface area contributed by atoms with Crippen LogP contribution in [0.1, 0.15) is 71.6 Å². The van der Waals surface area contributed by atoms with Crippen molar-refractivity contribution in [1.29, 1.82) is 0 Å². The highest BCUT2D eigenvalue weighted by molar-refractivity contribution is 5.75. The van der Waals surface area contributed by atoms with Crippen molar-refractivity contribution in [2.45, 2.75) is 71.6 Å². The first-order valence-corrected chi connectivity index (χ1v) is 7.71. The zero-order valence-electron chi connectivity index (χ0n) is 12.3. The third-order valence-electron chi connectivity index (χ3n) is 3.49. The minimum absolute atomic E-state index is 0.220. The number of rotatable bonds is 12. The van der Waals surface area contributed by atoms with Gasteiger partial charge in [0.1, 0.15) is 0 Å². The number of nitrogens with two attached hydrogens (primary N) is 1. The molecule has 0 aliphatic rings. The second-order valence-electron chi connectivity index (χ2n) is 5.17. The van der Waals surface area contributed by atoms with E-state index in [4.69, 9.17) is 5.73 Å². The second kappa shape index (κ2) is 12.9. The molecule has 0 aromatic carbocycles. The number of hydrogen-bond donors (Lipinski definition) is 2. The molecule has 108 valence electrons. The van der Waals surface area contributed by atoms with Gasteiger partial charge in [0.05, 0.1) is 0 Å². The van der Waals surface area contributed by atoms with Gasteiger partial charge >= 0.3 is 0 Å². The van der Waals surface area contributed by atoms with Gasteiger partial charge in [-0.05, 0) is 31.7 Å². The summed E-state index contributed by atoms with van der Waals surface area (Å²) in [7, 11) is 0. The molecular weight excluding hydrogens is 224 g/mol. The van der Waals surface area contributed by atoms with Crippen LogP contribution in [0.3, 0.4) is 0 Å². The van der Waals surface area contributed by atoms with E-state index in [1.807, 2.05) is 0 Å². The maximum Gasteiger partial charge on any atom is 0.220 e. The van der Waals surface area contributed by atoms with Crippen LogP contribution < -0.4 is 11.1 Å². The lowest BCUT2D eigenvalue weighted by Crippen LogP contribution is -2.28. The summed E-state index contributed by atoms with van der Waals surface area (Å²) >= 11 is 0. The highest BCUT2D eigenvalue weighted by Gasteiger charge is 2.07. The molecule has 18 heavy (non-hydrogen) atoms. The molecular formula is C15H32N2O. The smallest absolute Gasteiger partial charge is 0.220 e. The van der Waals surface area contributed by atoms with E-state index in [0.29, 0.717) is 12.3 Å². The average Bonchev–Trinajstić information content (AvgIpc) is 2.39. The molecule has 0 heterocycles. The van der Waals surface area contributed by atoms with Gasteiger partial charge in [0, 0.05) is 13.0 Å². The van der Waals surface area contributed by atoms with Crippen molar-refractivity contribution >= 4 is 5.91 Å². The lowest BCUT2D eigenvalue weighted by molar-refractivity contribution is -0.121. The van der Waals surface area contributed by atoms with Gasteiger partial charge in [-0.15, -0.1) is 0 Å². The zero-order chi connectivity index (χ0) is 13.6. The molecule has 0 spiro atoms. The molecule has 3 nitrogen and oxygen atoms in total. The second-order valence-corrected chi connectivity index (χ2v) is 5.17. The maximum atomic E-state index is 11.6. The Bertz CT molecular complexity index is 195. The highest BCUT2D eigenvalue weighted by Crippen LogP contribution is 2.11. The molecule has 0 saturated carbocycles. The summed E-state index contributed by atoms with van der Waals surface area (Å²) in [4.78, 5) is 11.6. The van der Waals surface area contributed by atoms with Crippen LogP contribution in [0.4, 0.5) is 0 Å². The first-order chi connectivity index (χ1) is 8.74. The van der Waals surface area contributed by atoms with Gasteiger partial charge in [-0.25, -0.2) is 0 Å². The highest BCUT2D eigenvalue weighted by atomic mass is 16.1. The fourth-order valence-electron chi connectivity index (χ4n) is 2.07. The summed E-state index contributed by atoms with van der Waals surface area (Å²) in [5, 5.41) is 3.07. The van der Waals surface area contributed by atoms with Crippen LogP contribution in [0.2, 0.25) is 0 Å². The van der Waals surface area contributed by atoms with Gasteiger partial charge in [-0.2, -0.15) is 0 Å². The SMILES string of the molecule is CCCCC(CC)CNC(=O)CCCCCCN. The minimum Gasteiger partial charge on any atom is -0.356 e. The first-order valence-electron chi connectivity index (χ1n) is 7.71. The van der Waals surface area contributed by atoms with E-state index in [1.165, 1.54) is 19.3 Å². The Morgan fingerprint density at radius 2 is 1.83 bits per heavy atom. The lowest BCUT2D eigenvalue weighted by atomic mass is 9.99. The fourth-order valence-corrected chi connectivity index (χ4v) is 2.07. The molecule has 3 N–H and O–H groups in total. The third kappa shape index (κ3) is 10.6. The fraction of sp³-hybridized carbons (Fsp3) is 0.933. The zero-order valence-corrected chi connectivity index (χ0v) is 12.3. The molecule has 0 aliphatic carbocycles. The summed E-state index contributed by atoms with van der Waals surface area (Å²) < 4.78 is 0. The number of carbonyl (C=O) groups is 1. The van der Waals surface area contributed by atoms with Gasteiger partial charge < -0.3 is 11.1 Å². The van der Waals surface area contributed by atoms with Gasteiger partial charge in [0.2, 0.25) is 5.91 Å². The van der Waals surface area contributed by atoms with Crippen LogP contribution >= 0.6 is 0 Å². The maximum absolute atomic E-state index is 11.6. The predicted octanol–water partition coefficient (Wildman–Crippen LogP) is 3.23. The summed E-state index contributed by atoms with van der Waals surface area (Å²) in [5.74, 6) is 0.879. The summed E-state index contributed by atoms with van der Waals surface area (Å²) in [6.45, 7) is 6.05. The largest absolute Gasteiger partial charge is 0.356 e. The van der Waals surface area contributed by atoms with E-state index in [-0.39, 0.29) is 5.91 Å². The number of amides is 1. The van der Waals surface area contributed by atoms with Crippen LogP contribution in [0.5, 0.6) is 0 Å².